The maximum atomic E-state index is 11.1. The molecule has 0 aromatic heterocycles. The standard InChI is InChI=1S/C12H17NO5/c1-9(2)12(13(16)17)6-4-11(15,5-7-12)8-10(14)18-3/h4-7,9,15H,8H2,1-3H3. The molecule has 0 aromatic carbocycles. The van der Waals surface area contributed by atoms with Gasteiger partial charge in [0.25, 0.3) is 5.54 Å². The maximum Gasteiger partial charge on any atom is 0.309 e. The minimum absolute atomic E-state index is 0.261. The molecule has 0 heterocycles. The van der Waals surface area contributed by atoms with Crippen molar-refractivity contribution in [3.8, 4) is 0 Å². The van der Waals surface area contributed by atoms with Crippen LogP contribution in [0.15, 0.2) is 24.3 Å². The fourth-order valence-electron chi connectivity index (χ4n) is 1.81. The van der Waals surface area contributed by atoms with Crippen molar-refractivity contribution in [2.75, 3.05) is 7.11 Å². The van der Waals surface area contributed by atoms with Crippen LogP contribution in [-0.2, 0) is 9.53 Å². The summed E-state index contributed by atoms with van der Waals surface area (Å²) in [5, 5.41) is 21.2. The fourth-order valence-corrected chi connectivity index (χ4v) is 1.81. The maximum absolute atomic E-state index is 11.1. The first-order valence-electron chi connectivity index (χ1n) is 5.60. The van der Waals surface area contributed by atoms with Gasteiger partial charge < -0.3 is 9.84 Å². The summed E-state index contributed by atoms with van der Waals surface area (Å²) in [6, 6.07) is 0. The first-order valence-corrected chi connectivity index (χ1v) is 5.60. The average Bonchev–Trinajstić information content (AvgIpc) is 2.28. The summed E-state index contributed by atoms with van der Waals surface area (Å²) in [6.45, 7) is 3.45. The van der Waals surface area contributed by atoms with Gasteiger partial charge in [0, 0.05) is 10.8 Å². The lowest BCUT2D eigenvalue weighted by Gasteiger charge is -2.30. The highest BCUT2D eigenvalue weighted by atomic mass is 16.6. The van der Waals surface area contributed by atoms with Crippen LogP contribution in [0.2, 0.25) is 0 Å². The zero-order chi connectivity index (χ0) is 14.0. The molecule has 18 heavy (non-hydrogen) atoms. The Morgan fingerprint density at radius 3 is 2.22 bits per heavy atom. The molecular weight excluding hydrogens is 238 g/mol. The SMILES string of the molecule is COC(=O)CC1(O)C=CC(C(C)C)([N+](=O)[O-])C=C1. The van der Waals surface area contributed by atoms with E-state index in [-0.39, 0.29) is 12.3 Å². The summed E-state index contributed by atoms with van der Waals surface area (Å²) in [7, 11) is 1.22. The van der Waals surface area contributed by atoms with E-state index in [1.54, 1.807) is 13.8 Å². The van der Waals surface area contributed by atoms with E-state index in [4.69, 9.17) is 0 Å². The summed E-state index contributed by atoms with van der Waals surface area (Å²) in [6.07, 6.45) is 4.98. The van der Waals surface area contributed by atoms with E-state index < -0.39 is 22.0 Å². The quantitative estimate of drug-likeness (QED) is 0.351. The van der Waals surface area contributed by atoms with E-state index in [9.17, 15) is 20.0 Å². The third kappa shape index (κ3) is 2.59. The zero-order valence-electron chi connectivity index (χ0n) is 10.6. The second-order valence-corrected chi connectivity index (χ2v) is 4.71. The van der Waals surface area contributed by atoms with Crippen molar-refractivity contribution in [1.29, 1.82) is 0 Å². The number of hydrogen-bond acceptors (Lipinski definition) is 5. The summed E-state index contributed by atoms with van der Waals surface area (Å²) in [5.41, 5.74) is -2.84. The first-order chi connectivity index (χ1) is 8.26. The summed E-state index contributed by atoms with van der Waals surface area (Å²) < 4.78 is 4.46. The van der Waals surface area contributed by atoms with E-state index in [1.807, 2.05) is 0 Å². The Labute approximate surface area is 105 Å². The predicted molar refractivity (Wildman–Crippen MR) is 64.4 cm³/mol. The Morgan fingerprint density at radius 1 is 1.39 bits per heavy atom. The first kappa shape index (κ1) is 14.4. The van der Waals surface area contributed by atoms with Gasteiger partial charge in [-0.05, 0) is 24.3 Å². The number of ether oxygens (including phenoxy) is 1. The molecule has 0 aromatic rings. The topological polar surface area (TPSA) is 89.7 Å². The van der Waals surface area contributed by atoms with Crippen LogP contribution in [0.3, 0.4) is 0 Å². The van der Waals surface area contributed by atoms with E-state index in [1.165, 1.54) is 31.4 Å². The van der Waals surface area contributed by atoms with Gasteiger partial charge in [0.15, 0.2) is 0 Å². The second-order valence-electron chi connectivity index (χ2n) is 4.71. The molecule has 0 radical (unpaired) electrons. The molecule has 1 N–H and O–H groups in total. The lowest BCUT2D eigenvalue weighted by molar-refractivity contribution is -0.549. The molecule has 100 valence electrons. The van der Waals surface area contributed by atoms with E-state index in [2.05, 4.69) is 4.74 Å². The van der Waals surface area contributed by atoms with Crippen LogP contribution >= 0.6 is 0 Å². The summed E-state index contributed by atoms with van der Waals surface area (Å²) in [4.78, 5) is 21.9. The van der Waals surface area contributed by atoms with Gasteiger partial charge in [-0.2, -0.15) is 0 Å². The van der Waals surface area contributed by atoms with Crippen molar-refractivity contribution >= 4 is 5.97 Å². The molecule has 6 heteroatoms. The third-order valence-corrected chi connectivity index (χ3v) is 3.17. The fraction of sp³-hybridized carbons (Fsp3) is 0.583. The van der Waals surface area contributed by atoms with Crippen LogP contribution in [0.4, 0.5) is 0 Å². The van der Waals surface area contributed by atoms with Gasteiger partial charge in [-0.25, -0.2) is 0 Å². The second kappa shape index (κ2) is 4.89. The lowest BCUT2D eigenvalue weighted by Crippen LogP contribution is -2.44. The predicted octanol–water partition coefficient (Wildman–Crippen LogP) is 1.08. The number of rotatable bonds is 4. The minimum atomic E-state index is -1.51. The molecule has 6 nitrogen and oxygen atoms in total. The number of aliphatic hydroxyl groups is 1. The van der Waals surface area contributed by atoms with E-state index in [0.717, 1.165) is 0 Å². The average molecular weight is 255 g/mol. The number of methoxy groups -OCH3 is 1. The lowest BCUT2D eigenvalue weighted by atomic mass is 9.79. The molecule has 0 fully saturated rings. The molecule has 0 aliphatic heterocycles. The zero-order valence-corrected chi connectivity index (χ0v) is 10.6. The van der Waals surface area contributed by atoms with Gasteiger partial charge in [0.05, 0.1) is 13.5 Å². The Balaban J connectivity index is 2.98. The number of esters is 1. The van der Waals surface area contributed by atoms with Gasteiger partial charge in [0.2, 0.25) is 0 Å². The van der Waals surface area contributed by atoms with Crippen LogP contribution in [0.5, 0.6) is 0 Å². The Morgan fingerprint density at radius 2 is 1.89 bits per heavy atom. The van der Waals surface area contributed by atoms with Crippen molar-refractivity contribution < 1.29 is 19.6 Å². The largest absolute Gasteiger partial charge is 0.469 e. The van der Waals surface area contributed by atoms with Crippen molar-refractivity contribution in [1.82, 2.24) is 0 Å². The Hall–Kier alpha value is -1.69. The Bertz CT molecular complexity index is 397. The molecule has 0 bridgehead atoms. The molecule has 1 aliphatic rings. The molecule has 0 amide bonds. The number of hydrogen-bond donors (Lipinski definition) is 1. The summed E-state index contributed by atoms with van der Waals surface area (Å²) >= 11 is 0. The molecule has 1 rings (SSSR count). The molecule has 0 spiro atoms. The van der Waals surface area contributed by atoms with Crippen LogP contribution in [0, 0.1) is 16.0 Å². The summed E-state index contributed by atoms with van der Waals surface area (Å²) in [5.74, 6) is -0.840. The number of carbonyl (C=O) groups is 1. The number of nitrogens with zero attached hydrogens (tertiary/aromatic N) is 1. The minimum Gasteiger partial charge on any atom is -0.469 e. The third-order valence-electron chi connectivity index (χ3n) is 3.17. The molecule has 0 unspecified atom stereocenters. The van der Waals surface area contributed by atoms with Crippen LogP contribution in [0.25, 0.3) is 0 Å². The van der Waals surface area contributed by atoms with Crippen LogP contribution < -0.4 is 0 Å². The number of nitro groups is 1. The highest BCUT2D eigenvalue weighted by Gasteiger charge is 2.45. The van der Waals surface area contributed by atoms with Crippen LogP contribution in [0.1, 0.15) is 20.3 Å². The molecule has 0 saturated heterocycles. The van der Waals surface area contributed by atoms with E-state index in [0.29, 0.717) is 0 Å². The van der Waals surface area contributed by atoms with Gasteiger partial charge in [-0.3, -0.25) is 14.9 Å². The van der Waals surface area contributed by atoms with Gasteiger partial charge in [0.1, 0.15) is 5.60 Å². The van der Waals surface area contributed by atoms with Crippen molar-refractivity contribution in [3.63, 3.8) is 0 Å². The van der Waals surface area contributed by atoms with Gasteiger partial charge >= 0.3 is 5.97 Å². The molecule has 1 aliphatic carbocycles. The van der Waals surface area contributed by atoms with Crippen molar-refractivity contribution in [2.45, 2.75) is 31.4 Å². The van der Waals surface area contributed by atoms with Crippen molar-refractivity contribution in [3.05, 3.63) is 34.4 Å². The Kier molecular flexibility index (Phi) is 3.91. The highest BCUT2D eigenvalue weighted by molar-refractivity contribution is 5.71. The van der Waals surface area contributed by atoms with Gasteiger partial charge in [-0.15, -0.1) is 0 Å². The highest BCUT2D eigenvalue weighted by Crippen LogP contribution is 2.32. The number of carbonyl (C=O) groups excluding carboxylic acids is 1. The van der Waals surface area contributed by atoms with Crippen LogP contribution in [-0.4, -0.2) is 34.2 Å². The molecule has 0 atom stereocenters. The van der Waals surface area contributed by atoms with Crippen molar-refractivity contribution in [2.24, 2.45) is 5.92 Å². The van der Waals surface area contributed by atoms with Gasteiger partial charge in [-0.1, -0.05) is 13.8 Å². The monoisotopic (exact) mass is 255 g/mol. The molecule has 0 saturated carbocycles. The molecular formula is C12H17NO5. The normalized spacial score (nSPS) is 30.5. The van der Waals surface area contributed by atoms with E-state index >= 15 is 0 Å². The smallest absolute Gasteiger partial charge is 0.309 e.